The van der Waals surface area contributed by atoms with Crippen molar-refractivity contribution >= 4 is 48.2 Å². The molecule has 2 fully saturated rings. The molecular formula is C24H25FN4O2S. The smallest absolute Gasteiger partial charge is 0.256 e. The third-order valence-electron chi connectivity index (χ3n) is 6.83. The summed E-state index contributed by atoms with van der Waals surface area (Å²) >= 11 is 1.64. The quantitative estimate of drug-likeness (QED) is 0.477. The Bertz CT molecular complexity index is 1350. The van der Waals surface area contributed by atoms with Gasteiger partial charge in [-0.3, -0.25) is 9.69 Å². The van der Waals surface area contributed by atoms with E-state index in [1.54, 1.807) is 23.6 Å². The Labute approximate surface area is 188 Å². The summed E-state index contributed by atoms with van der Waals surface area (Å²) < 4.78 is 20.5. The number of morpholine rings is 1. The molecule has 6 nitrogen and oxygen atoms in total. The first kappa shape index (κ1) is 20.1. The van der Waals surface area contributed by atoms with E-state index in [9.17, 15) is 9.18 Å². The number of pyridine rings is 1. The Hall–Kier alpha value is -2.55. The van der Waals surface area contributed by atoms with Crippen molar-refractivity contribution in [2.75, 3.05) is 50.8 Å². The summed E-state index contributed by atoms with van der Waals surface area (Å²) in [6.45, 7) is 6.90. The number of anilines is 1. The monoisotopic (exact) mass is 452 g/mol. The highest BCUT2D eigenvalue weighted by atomic mass is 32.1. The fourth-order valence-electron chi connectivity index (χ4n) is 5.13. The van der Waals surface area contributed by atoms with Gasteiger partial charge in [0.2, 0.25) is 0 Å². The van der Waals surface area contributed by atoms with Crippen LogP contribution in [0.3, 0.4) is 0 Å². The van der Waals surface area contributed by atoms with Crippen LogP contribution in [0.1, 0.15) is 12.8 Å². The van der Waals surface area contributed by atoms with E-state index in [2.05, 4.69) is 14.8 Å². The number of H-pyrrole nitrogens is 1. The van der Waals surface area contributed by atoms with E-state index in [0.717, 1.165) is 84.9 Å². The molecule has 8 heteroatoms. The number of fused-ring (bicyclic) bond motifs is 6. The van der Waals surface area contributed by atoms with Crippen LogP contribution in [-0.2, 0) is 4.74 Å². The Morgan fingerprint density at radius 1 is 1.09 bits per heavy atom. The van der Waals surface area contributed by atoms with Gasteiger partial charge in [0, 0.05) is 55.1 Å². The van der Waals surface area contributed by atoms with Crippen molar-refractivity contribution in [3.63, 3.8) is 0 Å². The van der Waals surface area contributed by atoms with E-state index in [1.165, 1.54) is 12.1 Å². The lowest BCUT2D eigenvalue weighted by Gasteiger charge is -2.35. The molecule has 0 bridgehead atoms. The molecule has 2 aromatic heterocycles. The fraction of sp³-hybridized carbons (Fsp3) is 0.417. The lowest BCUT2D eigenvalue weighted by molar-refractivity contribution is 0.0289. The SMILES string of the molecule is O=c1[nH]ccc2c3sc(N4CCC(CN5CCOCC5)CC4)nc3c3ccc(F)cc3c12. The number of aromatic amines is 1. The summed E-state index contributed by atoms with van der Waals surface area (Å²) in [6, 6.07) is 6.54. The number of aromatic nitrogens is 2. The van der Waals surface area contributed by atoms with E-state index in [0.29, 0.717) is 16.7 Å². The van der Waals surface area contributed by atoms with Crippen LogP contribution in [-0.4, -0.2) is 60.8 Å². The number of rotatable bonds is 3. The third kappa shape index (κ3) is 3.46. The van der Waals surface area contributed by atoms with Crippen LogP contribution in [0.5, 0.6) is 0 Å². The Morgan fingerprint density at radius 2 is 1.91 bits per heavy atom. The molecule has 0 amide bonds. The number of hydrogen-bond donors (Lipinski definition) is 1. The standard InChI is InChI=1S/C24H25FN4O2S/c25-16-1-2-17-19(13-16)20-18(3-6-26-23(20)30)22-21(17)27-24(32-22)29-7-4-15(5-8-29)14-28-9-11-31-12-10-28/h1-3,6,13,15H,4-5,7-12,14H2,(H,26,30). The number of nitrogens with zero attached hydrogens (tertiary/aromatic N) is 3. The van der Waals surface area contributed by atoms with Crippen LogP contribution in [0, 0.1) is 11.7 Å². The number of piperidine rings is 1. The zero-order valence-electron chi connectivity index (χ0n) is 17.8. The Balaban J connectivity index is 1.34. The highest BCUT2D eigenvalue weighted by molar-refractivity contribution is 7.23. The number of thiazole rings is 1. The minimum absolute atomic E-state index is 0.195. The number of hydrogen-bond acceptors (Lipinski definition) is 6. The van der Waals surface area contributed by atoms with Gasteiger partial charge < -0.3 is 14.6 Å². The first-order valence-corrected chi connectivity index (χ1v) is 12.1. The fourth-order valence-corrected chi connectivity index (χ4v) is 6.29. The molecule has 2 aromatic carbocycles. The van der Waals surface area contributed by atoms with Crippen LogP contribution in [0.4, 0.5) is 9.52 Å². The average molecular weight is 453 g/mol. The number of halogens is 1. The first-order valence-electron chi connectivity index (χ1n) is 11.3. The lowest BCUT2D eigenvalue weighted by atomic mass is 9.96. The molecule has 0 radical (unpaired) electrons. The summed E-state index contributed by atoms with van der Waals surface area (Å²) in [5.74, 6) is 0.362. The summed E-state index contributed by atoms with van der Waals surface area (Å²) in [6.07, 6.45) is 3.96. The molecule has 4 heterocycles. The van der Waals surface area contributed by atoms with Crippen molar-refractivity contribution in [2.45, 2.75) is 12.8 Å². The minimum atomic E-state index is -0.348. The molecule has 1 N–H and O–H groups in total. The van der Waals surface area contributed by atoms with Gasteiger partial charge in [0.25, 0.3) is 5.56 Å². The minimum Gasteiger partial charge on any atom is -0.379 e. The van der Waals surface area contributed by atoms with E-state index < -0.39 is 0 Å². The molecule has 0 atom stereocenters. The Morgan fingerprint density at radius 3 is 2.72 bits per heavy atom. The third-order valence-corrected chi connectivity index (χ3v) is 7.98. The maximum absolute atomic E-state index is 14.0. The molecule has 0 saturated carbocycles. The largest absolute Gasteiger partial charge is 0.379 e. The molecule has 2 aliphatic rings. The molecule has 0 aliphatic carbocycles. The number of benzene rings is 2. The molecular weight excluding hydrogens is 427 g/mol. The van der Waals surface area contributed by atoms with Gasteiger partial charge in [-0.1, -0.05) is 11.3 Å². The zero-order chi connectivity index (χ0) is 21.7. The topological polar surface area (TPSA) is 61.5 Å². The second-order valence-corrected chi connectivity index (χ2v) is 9.78. The highest BCUT2D eigenvalue weighted by Crippen LogP contribution is 2.40. The van der Waals surface area contributed by atoms with Gasteiger partial charge in [0.15, 0.2) is 5.13 Å². The van der Waals surface area contributed by atoms with Crippen LogP contribution in [0.25, 0.3) is 31.8 Å². The van der Waals surface area contributed by atoms with Crippen molar-refractivity contribution in [2.24, 2.45) is 5.92 Å². The summed E-state index contributed by atoms with van der Waals surface area (Å²) in [5, 5.41) is 3.82. The van der Waals surface area contributed by atoms with Crippen molar-refractivity contribution in [3.05, 3.63) is 46.6 Å². The molecule has 0 unspecified atom stereocenters. The molecule has 32 heavy (non-hydrogen) atoms. The second kappa shape index (κ2) is 8.10. The van der Waals surface area contributed by atoms with E-state index >= 15 is 0 Å². The van der Waals surface area contributed by atoms with Crippen molar-refractivity contribution in [3.8, 4) is 0 Å². The Kier molecular flexibility index (Phi) is 5.08. The van der Waals surface area contributed by atoms with Gasteiger partial charge in [-0.2, -0.15) is 0 Å². The predicted octanol–water partition coefficient (Wildman–Crippen LogP) is 3.98. The van der Waals surface area contributed by atoms with Gasteiger partial charge in [-0.15, -0.1) is 0 Å². The van der Waals surface area contributed by atoms with Gasteiger partial charge in [0.05, 0.1) is 28.8 Å². The van der Waals surface area contributed by atoms with Crippen molar-refractivity contribution in [1.82, 2.24) is 14.9 Å². The van der Waals surface area contributed by atoms with E-state index in [4.69, 9.17) is 9.72 Å². The number of ether oxygens (including phenoxy) is 1. The van der Waals surface area contributed by atoms with Crippen LogP contribution < -0.4 is 10.5 Å². The summed E-state index contributed by atoms with van der Waals surface area (Å²) in [4.78, 5) is 25.3. The molecule has 2 aliphatic heterocycles. The molecule has 166 valence electrons. The van der Waals surface area contributed by atoms with Gasteiger partial charge in [-0.25, -0.2) is 9.37 Å². The average Bonchev–Trinajstić information content (AvgIpc) is 3.26. The molecule has 0 spiro atoms. The second-order valence-electron chi connectivity index (χ2n) is 8.80. The predicted molar refractivity (Wildman–Crippen MR) is 127 cm³/mol. The van der Waals surface area contributed by atoms with Crippen LogP contribution in [0.15, 0.2) is 35.3 Å². The summed E-state index contributed by atoms with van der Waals surface area (Å²) in [7, 11) is 0. The van der Waals surface area contributed by atoms with Crippen molar-refractivity contribution < 1.29 is 9.13 Å². The lowest BCUT2D eigenvalue weighted by Crippen LogP contribution is -2.42. The van der Waals surface area contributed by atoms with Crippen molar-refractivity contribution in [1.29, 1.82) is 0 Å². The maximum Gasteiger partial charge on any atom is 0.256 e. The van der Waals surface area contributed by atoms with Crippen LogP contribution in [0.2, 0.25) is 0 Å². The maximum atomic E-state index is 14.0. The molecule has 6 rings (SSSR count). The zero-order valence-corrected chi connectivity index (χ0v) is 18.6. The van der Waals surface area contributed by atoms with Gasteiger partial charge >= 0.3 is 0 Å². The van der Waals surface area contributed by atoms with Gasteiger partial charge in [0.1, 0.15) is 5.82 Å². The number of nitrogens with one attached hydrogen (secondary N) is 1. The summed E-state index contributed by atoms with van der Waals surface area (Å²) in [5.41, 5.74) is 0.660. The molecule has 2 saturated heterocycles. The van der Waals surface area contributed by atoms with E-state index in [-0.39, 0.29) is 11.4 Å². The normalized spacial score (nSPS) is 18.8. The highest BCUT2D eigenvalue weighted by Gasteiger charge is 2.25. The van der Waals surface area contributed by atoms with Gasteiger partial charge in [-0.05, 0) is 43.0 Å². The van der Waals surface area contributed by atoms with Crippen LogP contribution >= 0.6 is 11.3 Å². The first-order chi connectivity index (χ1) is 15.7. The van der Waals surface area contributed by atoms with E-state index in [1.807, 2.05) is 6.07 Å². The molecule has 4 aromatic rings.